The van der Waals surface area contributed by atoms with Crippen LogP contribution in [-0.4, -0.2) is 12.6 Å². The molecule has 3 aromatic carbocycles. The lowest BCUT2D eigenvalue weighted by molar-refractivity contribution is -0.134. The lowest BCUT2D eigenvalue weighted by Gasteiger charge is -2.09. The van der Waals surface area contributed by atoms with Gasteiger partial charge in [-0.25, -0.2) is 0 Å². The third kappa shape index (κ3) is 6.44. The van der Waals surface area contributed by atoms with Crippen LogP contribution < -0.4 is 19.6 Å². The molecule has 0 unspecified atom stereocenters. The predicted octanol–water partition coefficient (Wildman–Crippen LogP) is 7.33. The van der Waals surface area contributed by atoms with Crippen LogP contribution in [0.4, 0.5) is 0 Å². The van der Waals surface area contributed by atoms with Crippen molar-refractivity contribution in [2.45, 2.75) is 26.2 Å². The van der Waals surface area contributed by atoms with Gasteiger partial charge in [0.15, 0.2) is 0 Å². The topological polar surface area (TPSA) is 75.0 Å². The van der Waals surface area contributed by atoms with Crippen molar-refractivity contribution in [2.24, 2.45) is 0 Å². The second kappa shape index (κ2) is 11.4. The SMILES string of the molecule is CCc1ccc(Oc2coc3cc(OC(=O)CCCOc4ccc(Br)cc4Cl)ccc3c2=O)cc1. The molecule has 0 saturated heterocycles. The first-order chi connectivity index (χ1) is 16.9. The number of halogens is 2. The fourth-order valence-corrected chi connectivity index (χ4v) is 4.05. The fourth-order valence-electron chi connectivity index (χ4n) is 3.32. The van der Waals surface area contributed by atoms with Gasteiger partial charge in [-0.05, 0) is 60.9 Å². The van der Waals surface area contributed by atoms with Gasteiger partial charge in [0.2, 0.25) is 11.2 Å². The van der Waals surface area contributed by atoms with Gasteiger partial charge in [-0.15, -0.1) is 0 Å². The van der Waals surface area contributed by atoms with Crippen LogP contribution in [0.3, 0.4) is 0 Å². The van der Waals surface area contributed by atoms with E-state index in [4.69, 9.17) is 30.2 Å². The molecule has 0 amide bonds. The summed E-state index contributed by atoms with van der Waals surface area (Å²) < 4.78 is 23.1. The van der Waals surface area contributed by atoms with Crippen molar-refractivity contribution in [1.29, 1.82) is 0 Å². The number of carbonyl (C=O) groups is 1. The van der Waals surface area contributed by atoms with Gasteiger partial charge in [0.25, 0.3) is 0 Å². The van der Waals surface area contributed by atoms with Crippen molar-refractivity contribution in [3.63, 3.8) is 0 Å². The molecular formula is C27H22BrClO6. The Bertz CT molecular complexity index is 1400. The normalized spacial score (nSPS) is 10.8. The Morgan fingerprint density at radius 2 is 1.77 bits per heavy atom. The molecule has 0 N–H and O–H groups in total. The Labute approximate surface area is 215 Å². The minimum atomic E-state index is -0.423. The summed E-state index contributed by atoms with van der Waals surface area (Å²) in [6, 6.07) is 17.4. The van der Waals surface area contributed by atoms with Gasteiger partial charge in [0.1, 0.15) is 29.1 Å². The van der Waals surface area contributed by atoms with Gasteiger partial charge < -0.3 is 18.6 Å². The van der Waals surface area contributed by atoms with E-state index in [0.29, 0.717) is 40.5 Å². The van der Waals surface area contributed by atoms with Gasteiger partial charge in [-0.2, -0.15) is 0 Å². The van der Waals surface area contributed by atoms with Crippen molar-refractivity contribution in [1.82, 2.24) is 0 Å². The van der Waals surface area contributed by atoms with E-state index in [-0.39, 0.29) is 23.3 Å². The van der Waals surface area contributed by atoms with Crippen molar-refractivity contribution in [2.75, 3.05) is 6.61 Å². The van der Waals surface area contributed by atoms with E-state index in [1.807, 2.05) is 30.3 Å². The number of ether oxygens (including phenoxy) is 3. The molecular weight excluding hydrogens is 536 g/mol. The number of carbonyl (C=O) groups excluding carboxylic acids is 1. The lowest BCUT2D eigenvalue weighted by atomic mass is 10.2. The molecule has 0 aliphatic carbocycles. The molecule has 1 aromatic heterocycles. The van der Waals surface area contributed by atoms with E-state index < -0.39 is 5.97 Å². The summed E-state index contributed by atoms with van der Waals surface area (Å²) in [6.07, 6.45) is 2.78. The van der Waals surface area contributed by atoms with Crippen molar-refractivity contribution < 1.29 is 23.4 Å². The lowest BCUT2D eigenvalue weighted by Crippen LogP contribution is -2.10. The Hall–Kier alpha value is -3.29. The second-order valence-electron chi connectivity index (χ2n) is 7.69. The predicted molar refractivity (Wildman–Crippen MR) is 138 cm³/mol. The Balaban J connectivity index is 1.34. The molecule has 0 fully saturated rings. The molecule has 4 aromatic rings. The standard InChI is InChI=1S/C27H22BrClO6/c1-2-17-5-8-19(9-6-17)34-25-16-33-24-15-20(10-11-21(24)27(25)31)35-26(30)4-3-13-32-23-12-7-18(28)14-22(23)29/h5-12,14-16H,2-4,13H2,1H3. The molecule has 6 nitrogen and oxygen atoms in total. The largest absolute Gasteiger partial charge is 0.492 e. The molecule has 0 aliphatic heterocycles. The fraction of sp³-hybridized carbons (Fsp3) is 0.185. The molecule has 0 atom stereocenters. The van der Waals surface area contributed by atoms with Crippen molar-refractivity contribution >= 4 is 44.5 Å². The number of hydrogen-bond donors (Lipinski definition) is 0. The van der Waals surface area contributed by atoms with Gasteiger partial charge in [-0.3, -0.25) is 9.59 Å². The molecule has 4 rings (SSSR count). The first-order valence-electron chi connectivity index (χ1n) is 11.0. The summed E-state index contributed by atoms with van der Waals surface area (Å²) in [4.78, 5) is 25.0. The third-order valence-electron chi connectivity index (χ3n) is 5.18. The van der Waals surface area contributed by atoms with Crippen molar-refractivity contribution in [3.8, 4) is 23.0 Å². The highest BCUT2D eigenvalue weighted by molar-refractivity contribution is 9.10. The van der Waals surface area contributed by atoms with Gasteiger partial charge >= 0.3 is 5.97 Å². The maximum atomic E-state index is 12.8. The Morgan fingerprint density at radius 3 is 2.51 bits per heavy atom. The molecule has 35 heavy (non-hydrogen) atoms. The highest BCUT2D eigenvalue weighted by atomic mass is 79.9. The zero-order valence-corrected chi connectivity index (χ0v) is 21.2. The minimum absolute atomic E-state index is 0.0809. The summed E-state index contributed by atoms with van der Waals surface area (Å²) in [6.45, 7) is 2.38. The second-order valence-corrected chi connectivity index (χ2v) is 9.01. The van der Waals surface area contributed by atoms with Crippen LogP contribution in [0.5, 0.6) is 23.0 Å². The van der Waals surface area contributed by atoms with Gasteiger partial charge in [-0.1, -0.05) is 46.6 Å². The van der Waals surface area contributed by atoms with Gasteiger partial charge in [0.05, 0.1) is 17.0 Å². The highest BCUT2D eigenvalue weighted by Crippen LogP contribution is 2.28. The molecule has 8 heteroatoms. The summed E-state index contributed by atoms with van der Waals surface area (Å²) in [7, 11) is 0. The van der Waals surface area contributed by atoms with E-state index in [1.54, 1.807) is 24.3 Å². The number of aryl methyl sites for hydroxylation is 1. The molecule has 0 bridgehead atoms. The minimum Gasteiger partial charge on any atom is -0.492 e. The van der Waals surface area contributed by atoms with Crippen LogP contribution in [0.1, 0.15) is 25.3 Å². The van der Waals surface area contributed by atoms with Crippen LogP contribution >= 0.6 is 27.5 Å². The average molecular weight is 558 g/mol. The van der Waals surface area contributed by atoms with E-state index in [0.717, 1.165) is 10.9 Å². The summed E-state index contributed by atoms with van der Waals surface area (Å²) in [5.74, 6) is 1.04. The smallest absolute Gasteiger partial charge is 0.311 e. The summed E-state index contributed by atoms with van der Waals surface area (Å²) in [5, 5.41) is 0.815. The number of rotatable bonds is 9. The van der Waals surface area contributed by atoms with Crippen LogP contribution in [0.2, 0.25) is 5.02 Å². The number of hydrogen-bond acceptors (Lipinski definition) is 6. The quantitative estimate of drug-likeness (QED) is 0.122. The molecule has 1 heterocycles. The molecule has 0 spiro atoms. The monoisotopic (exact) mass is 556 g/mol. The van der Waals surface area contributed by atoms with Crippen LogP contribution in [0.15, 0.2) is 80.6 Å². The van der Waals surface area contributed by atoms with E-state index in [2.05, 4.69) is 22.9 Å². The molecule has 0 radical (unpaired) electrons. The Kier molecular flexibility index (Phi) is 8.10. The van der Waals surface area contributed by atoms with E-state index in [1.165, 1.54) is 17.9 Å². The summed E-state index contributed by atoms with van der Waals surface area (Å²) in [5.41, 5.74) is 1.15. The summed E-state index contributed by atoms with van der Waals surface area (Å²) >= 11 is 9.45. The van der Waals surface area contributed by atoms with Crippen molar-refractivity contribution in [3.05, 3.63) is 92.2 Å². The van der Waals surface area contributed by atoms with Crippen LogP contribution in [0, 0.1) is 0 Å². The van der Waals surface area contributed by atoms with Crippen LogP contribution in [-0.2, 0) is 11.2 Å². The van der Waals surface area contributed by atoms with Gasteiger partial charge in [0, 0.05) is 17.0 Å². The van der Waals surface area contributed by atoms with E-state index >= 15 is 0 Å². The average Bonchev–Trinajstić information content (AvgIpc) is 2.85. The molecule has 0 aliphatic rings. The van der Waals surface area contributed by atoms with Crippen LogP contribution in [0.25, 0.3) is 11.0 Å². The maximum Gasteiger partial charge on any atom is 0.311 e. The highest BCUT2D eigenvalue weighted by Gasteiger charge is 2.12. The first kappa shape index (κ1) is 24.8. The number of fused-ring (bicyclic) bond motifs is 1. The zero-order chi connectivity index (χ0) is 24.8. The molecule has 0 saturated carbocycles. The first-order valence-corrected chi connectivity index (χ1v) is 12.2. The number of esters is 1. The zero-order valence-electron chi connectivity index (χ0n) is 18.9. The molecule has 180 valence electrons. The number of benzene rings is 3. The Morgan fingerprint density at radius 1 is 1.00 bits per heavy atom. The maximum absolute atomic E-state index is 12.8. The van der Waals surface area contributed by atoms with E-state index in [9.17, 15) is 9.59 Å². The third-order valence-corrected chi connectivity index (χ3v) is 5.97.